The number of furan rings is 1. The van der Waals surface area contributed by atoms with Gasteiger partial charge >= 0.3 is 0 Å². The average Bonchev–Trinajstić information content (AvgIpc) is 3.31. The first kappa shape index (κ1) is 19.3. The molecular formula is C22H22N4O2S. The summed E-state index contributed by atoms with van der Waals surface area (Å²) in [6, 6.07) is 19.7. The number of aromatic nitrogens is 3. The second-order valence-corrected chi connectivity index (χ2v) is 7.83. The lowest BCUT2D eigenvalue weighted by Crippen LogP contribution is -2.28. The summed E-state index contributed by atoms with van der Waals surface area (Å²) in [5, 5.41) is 13.2. The molecule has 7 heteroatoms. The van der Waals surface area contributed by atoms with Gasteiger partial charge in [-0.3, -0.25) is 4.79 Å². The highest BCUT2D eigenvalue weighted by Gasteiger charge is 2.16. The summed E-state index contributed by atoms with van der Waals surface area (Å²) in [6.07, 6.45) is 0.709. The average molecular weight is 407 g/mol. The van der Waals surface area contributed by atoms with E-state index in [-0.39, 0.29) is 17.7 Å². The van der Waals surface area contributed by atoms with Crippen molar-refractivity contribution in [2.24, 2.45) is 7.05 Å². The minimum atomic E-state index is -0.205. The molecule has 29 heavy (non-hydrogen) atoms. The van der Waals surface area contributed by atoms with Gasteiger partial charge in [0.05, 0.1) is 11.8 Å². The number of hydrogen-bond donors (Lipinski definition) is 1. The number of nitrogens with one attached hydrogen (secondary N) is 1. The van der Waals surface area contributed by atoms with E-state index in [1.165, 1.54) is 17.3 Å². The maximum Gasteiger partial charge on any atom is 0.231 e. The molecular weight excluding hydrogens is 384 g/mol. The molecule has 148 valence electrons. The van der Waals surface area contributed by atoms with Gasteiger partial charge in [0, 0.05) is 18.9 Å². The monoisotopic (exact) mass is 406 g/mol. The van der Waals surface area contributed by atoms with Crippen LogP contribution in [-0.4, -0.2) is 26.4 Å². The molecule has 0 radical (unpaired) electrons. The highest BCUT2D eigenvalue weighted by molar-refractivity contribution is 7.99. The lowest BCUT2D eigenvalue weighted by atomic mass is 10.1. The molecule has 0 unspecified atom stereocenters. The Labute approximate surface area is 173 Å². The summed E-state index contributed by atoms with van der Waals surface area (Å²) in [6.45, 7) is 1.92. The molecule has 0 aliphatic heterocycles. The van der Waals surface area contributed by atoms with E-state index in [0.29, 0.717) is 6.42 Å². The molecule has 2 aromatic carbocycles. The van der Waals surface area contributed by atoms with Crippen molar-refractivity contribution < 1.29 is 9.21 Å². The Kier molecular flexibility index (Phi) is 5.67. The predicted molar refractivity (Wildman–Crippen MR) is 114 cm³/mol. The molecule has 0 aliphatic rings. The minimum Gasteiger partial charge on any atom is -0.459 e. The molecule has 6 nitrogen and oxygen atoms in total. The van der Waals surface area contributed by atoms with Crippen LogP contribution in [0.15, 0.2) is 70.2 Å². The lowest BCUT2D eigenvalue weighted by Gasteiger charge is -2.11. The van der Waals surface area contributed by atoms with E-state index < -0.39 is 0 Å². The number of rotatable bonds is 7. The van der Waals surface area contributed by atoms with Gasteiger partial charge in [0.2, 0.25) is 5.91 Å². The van der Waals surface area contributed by atoms with E-state index in [1.54, 1.807) is 0 Å². The van der Waals surface area contributed by atoms with Gasteiger partial charge in [-0.25, -0.2) is 0 Å². The smallest absolute Gasteiger partial charge is 0.231 e. The first-order valence-corrected chi connectivity index (χ1v) is 10.4. The van der Waals surface area contributed by atoms with Gasteiger partial charge < -0.3 is 14.3 Å². The summed E-state index contributed by atoms with van der Waals surface area (Å²) in [5.41, 5.74) is 2.00. The van der Waals surface area contributed by atoms with Crippen LogP contribution in [0.3, 0.4) is 0 Å². The number of amides is 1. The molecule has 1 N–H and O–H groups in total. The predicted octanol–water partition coefficient (Wildman–Crippen LogP) is 4.12. The Morgan fingerprint density at radius 1 is 1.14 bits per heavy atom. The molecule has 1 amide bonds. The van der Waals surface area contributed by atoms with Crippen LogP contribution in [0.4, 0.5) is 0 Å². The van der Waals surface area contributed by atoms with Crippen LogP contribution in [0.1, 0.15) is 30.1 Å². The van der Waals surface area contributed by atoms with Gasteiger partial charge in [0.25, 0.3) is 0 Å². The third kappa shape index (κ3) is 4.51. The molecule has 1 atom stereocenters. The summed E-state index contributed by atoms with van der Waals surface area (Å²) in [4.78, 5) is 12.4. The molecule has 2 aromatic heterocycles. The zero-order valence-electron chi connectivity index (χ0n) is 16.3. The molecule has 0 spiro atoms. The Hall–Kier alpha value is -3.06. The van der Waals surface area contributed by atoms with Crippen molar-refractivity contribution in [1.82, 2.24) is 20.1 Å². The van der Waals surface area contributed by atoms with Crippen molar-refractivity contribution >= 4 is 28.6 Å². The SMILES string of the molecule is C[C@@H](NC(=O)CSc1nnc(Cc2ccccc2)n1C)c1cc2ccccc2o1. The van der Waals surface area contributed by atoms with E-state index in [1.807, 2.05) is 67.1 Å². The summed E-state index contributed by atoms with van der Waals surface area (Å²) in [5.74, 6) is 1.81. The van der Waals surface area contributed by atoms with Gasteiger partial charge in [-0.05, 0) is 24.6 Å². The van der Waals surface area contributed by atoms with Gasteiger partial charge in [-0.15, -0.1) is 10.2 Å². The van der Waals surface area contributed by atoms with Crippen molar-refractivity contribution in [2.45, 2.75) is 24.5 Å². The van der Waals surface area contributed by atoms with E-state index in [9.17, 15) is 4.79 Å². The number of carbonyl (C=O) groups is 1. The number of thioether (sulfide) groups is 1. The number of nitrogens with zero attached hydrogens (tertiary/aromatic N) is 3. The fourth-order valence-corrected chi connectivity index (χ4v) is 3.84. The van der Waals surface area contributed by atoms with Crippen LogP contribution < -0.4 is 5.32 Å². The first-order chi connectivity index (χ1) is 14.1. The normalized spacial score (nSPS) is 12.2. The maximum absolute atomic E-state index is 12.4. The lowest BCUT2D eigenvalue weighted by molar-refractivity contribution is -0.119. The molecule has 0 fully saturated rings. The first-order valence-electron chi connectivity index (χ1n) is 9.43. The Bertz CT molecular complexity index is 1090. The Morgan fingerprint density at radius 2 is 1.90 bits per heavy atom. The number of benzene rings is 2. The van der Waals surface area contributed by atoms with Crippen molar-refractivity contribution in [2.75, 3.05) is 5.75 Å². The van der Waals surface area contributed by atoms with Crippen molar-refractivity contribution in [3.63, 3.8) is 0 Å². The third-order valence-corrected chi connectivity index (χ3v) is 5.73. The second-order valence-electron chi connectivity index (χ2n) is 6.88. The molecule has 0 saturated heterocycles. The second kappa shape index (κ2) is 8.53. The number of fused-ring (bicyclic) bond motifs is 1. The van der Waals surface area contributed by atoms with Crippen LogP contribution in [0, 0.1) is 0 Å². The van der Waals surface area contributed by atoms with Crippen LogP contribution in [-0.2, 0) is 18.3 Å². The third-order valence-electron chi connectivity index (χ3n) is 4.71. The van der Waals surface area contributed by atoms with E-state index >= 15 is 0 Å². The maximum atomic E-state index is 12.4. The molecule has 0 aliphatic carbocycles. The van der Waals surface area contributed by atoms with Gasteiger partial charge in [-0.1, -0.05) is 60.3 Å². The summed E-state index contributed by atoms with van der Waals surface area (Å²) < 4.78 is 7.76. The minimum absolute atomic E-state index is 0.0736. The van der Waals surface area contributed by atoms with Gasteiger partial charge in [-0.2, -0.15) is 0 Å². The van der Waals surface area contributed by atoms with Gasteiger partial charge in [0.15, 0.2) is 5.16 Å². The van der Waals surface area contributed by atoms with E-state index in [4.69, 9.17) is 4.42 Å². The molecule has 0 saturated carbocycles. The summed E-state index contributed by atoms with van der Waals surface area (Å²) >= 11 is 1.38. The number of para-hydroxylation sites is 1. The highest BCUT2D eigenvalue weighted by atomic mass is 32.2. The van der Waals surface area contributed by atoms with E-state index in [0.717, 1.165) is 27.7 Å². The zero-order chi connectivity index (χ0) is 20.2. The fourth-order valence-electron chi connectivity index (χ4n) is 3.10. The molecule has 4 rings (SSSR count). The van der Waals surface area contributed by atoms with Crippen molar-refractivity contribution in [1.29, 1.82) is 0 Å². The van der Waals surface area contributed by atoms with Crippen LogP contribution in [0.25, 0.3) is 11.0 Å². The van der Waals surface area contributed by atoms with E-state index in [2.05, 4.69) is 27.6 Å². The topological polar surface area (TPSA) is 73.0 Å². The zero-order valence-corrected chi connectivity index (χ0v) is 17.1. The van der Waals surface area contributed by atoms with Crippen LogP contribution in [0.5, 0.6) is 0 Å². The number of carbonyl (C=O) groups excluding carboxylic acids is 1. The van der Waals surface area contributed by atoms with Crippen molar-refractivity contribution in [3.05, 3.63) is 77.8 Å². The fraction of sp³-hybridized carbons (Fsp3) is 0.227. The van der Waals surface area contributed by atoms with Crippen molar-refractivity contribution in [3.8, 4) is 0 Å². The largest absolute Gasteiger partial charge is 0.459 e. The highest BCUT2D eigenvalue weighted by Crippen LogP contribution is 2.24. The van der Waals surface area contributed by atoms with Gasteiger partial charge in [0.1, 0.15) is 17.2 Å². The van der Waals surface area contributed by atoms with Crippen LogP contribution in [0.2, 0.25) is 0 Å². The molecule has 2 heterocycles. The summed E-state index contributed by atoms with van der Waals surface area (Å²) in [7, 11) is 1.93. The quantitative estimate of drug-likeness (QED) is 0.467. The number of hydrogen-bond acceptors (Lipinski definition) is 5. The Morgan fingerprint density at radius 3 is 2.69 bits per heavy atom. The molecule has 4 aromatic rings. The molecule has 0 bridgehead atoms. The standard InChI is InChI=1S/C22H22N4O2S/c1-15(19-13-17-10-6-7-11-18(17)28-19)23-21(27)14-29-22-25-24-20(26(22)2)12-16-8-4-3-5-9-16/h3-11,13,15H,12,14H2,1-2H3,(H,23,27)/t15-/m1/s1. The Balaban J connectivity index is 1.33. The van der Waals surface area contributed by atoms with Crippen LogP contribution >= 0.6 is 11.8 Å².